The van der Waals surface area contributed by atoms with Gasteiger partial charge in [0.05, 0.1) is 0 Å². The summed E-state index contributed by atoms with van der Waals surface area (Å²) in [6.45, 7) is 9.05. The fourth-order valence-corrected chi connectivity index (χ4v) is 1.86. The zero-order valence-electron chi connectivity index (χ0n) is 12.2. The second kappa shape index (κ2) is 9.12. The van der Waals surface area contributed by atoms with Gasteiger partial charge in [-0.25, -0.2) is 0 Å². The maximum Gasteiger partial charge on any atom is 0.0104 e. The van der Waals surface area contributed by atoms with Gasteiger partial charge in [0.2, 0.25) is 0 Å². The van der Waals surface area contributed by atoms with E-state index in [0.717, 1.165) is 38.5 Å². The van der Waals surface area contributed by atoms with E-state index < -0.39 is 0 Å². The Morgan fingerprint density at radius 1 is 1.06 bits per heavy atom. The molecule has 0 unspecified atom stereocenters. The van der Waals surface area contributed by atoms with Crippen molar-refractivity contribution in [2.24, 2.45) is 5.92 Å². The van der Waals surface area contributed by atoms with Crippen LogP contribution < -0.4 is 5.32 Å². The Hall–Kier alpha value is -0.860. The Morgan fingerprint density at radius 3 is 2.44 bits per heavy atom. The SMILES string of the molecule is CC(C)CCNCCN(C)CCc1ccccc1. The molecule has 0 saturated carbocycles. The van der Waals surface area contributed by atoms with Gasteiger partial charge in [0.15, 0.2) is 0 Å². The summed E-state index contributed by atoms with van der Waals surface area (Å²) in [6, 6.07) is 10.7. The van der Waals surface area contributed by atoms with Crippen molar-refractivity contribution in [3.63, 3.8) is 0 Å². The van der Waals surface area contributed by atoms with Gasteiger partial charge in [0.1, 0.15) is 0 Å². The van der Waals surface area contributed by atoms with Crippen LogP contribution >= 0.6 is 0 Å². The van der Waals surface area contributed by atoms with Crippen LogP contribution in [0.2, 0.25) is 0 Å². The van der Waals surface area contributed by atoms with Crippen molar-refractivity contribution in [2.75, 3.05) is 33.2 Å². The van der Waals surface area contributed by atoms with E-state index in [-0.39, 0.29) is 0 Å². The zero-order valence-corrected chi connectivity index (χ0v) is 12.2. The molecule has 1 aromatic rings. The minimum atomic E-state index is 0.799. The van der Waals surface area contributed by atoms with Crippen LogP contribution in [0.15, 0.2) is 30.3 Å². The highest BCUT2D eigenvalue weighted by Gasteiger charge is 1.99. The van der Waals surface area contributed by atoms with Crippen LogP contribution in [-0.4, -0.2) is 38.1 Å². The predicted molar refractivity (Wildman–Crippen MR) is 80.0 cm³/mol. The Labute approximate surface area is 112 Å². The van der Waals surface area contributed by atoms with E-state index in [1.807, 2.05) is 0 Å². The Bertz CT molecular complexity index is 295. The number of hydrogen-bond donors (Lipinski definition) is 1. The average molecular weight is 248 g/mol. The lowest BCUT2D eigenvalue weighted by Crippen LogP contribution is -2.31. The van der Waals surface area contributed by atoms with E-state index in [4.69, 9.17) is 0 Å². The molecule has 1 rings (SSSR count). The summed E-state index contributed by atoms with van der Waals surface area (Å²) >= 11 is 0. The monoisotopic (exact) mass is 248 g/mol. The standard InChI is InChI=1S/C16H28N2/c1-15(2)9-11-17-12-14-18(3)13-10-16-7-5-4-6-8-16/h4-8,15,17H,9-14H2,1-3H3. The molecule has 1 aromatic carbocycles. The first kappa shape index (κ1) is 15.2. The maximum atomic E-state index is 3.50. The molecule has 0 aliphatic rings. The number of rotatable bonds is 9. The summed E-state index contributed by atoms with van der Waals surface area (Å²) in [5.74, 6) is 0.799. The van der Waals surface area contributed by atoms with Crippen molar-refractivity contribution in [3.05, 3.63) is 35.9 Å². The third kappa shape index (κ3) is 7.46. The van der Waals surface area contributed by atoms with Gasteiger partial charge in [-0.15, -0.1) is 0 Å². The van der Waals surface area contributed by atoms with Crippen molar-refractivity contribution in [2.45, 2.75) is 26.7 Å². The van der Waals surface area contributed by atoms with E-state index in [9.17, 15) is 0 Å². The molecule has 0 fully saturated rings. The molecule has 0 aliphatic carbocycles. The van der Waals surface area contributed by atoms with Crippen molar-refractivity contribution >= 4 is 0 Å². The zero-order chi connectivity index (χ0) is 13.2. The summed E-state index contributed by atoms with van der Waals surface area (Å²) in [7, 11) is 2.20. The molecule has 0 bridgehead atoms. The number of benzene rings is 1. The van der Waals surface area contributed by atoms with Gasteiger partial charge in [-0.2, -0.15) is 0 Å². The van der Waals surface area contributed by atoms with Crippen molar-refractivity contribution in [3.8, 4) is 0 Å². The first-order valence-electron chi connectivity index (χ1n) is 7.11. The van der Waals surface area contributed by atoms with Crippen LogP contribution in [0.25, 0.3) is 0 Å². The molecule has 18 heavy (non-hydrogen) atoms. The molecule has 0 saturated heterocycles. The minimum absolute atomic E-state index is 0.799. The lowest BCUT2D eigenvalue weighted by atomic mass is 10.1. The normalized spacial score (nSPS) is 11.4. The third-order valence-electron chi connectivity index (χ3n) is 3.19. The maximum absolute atomic E-state index is 3.50. The first-order valence-corrected chi connectivity index (χ1v) is 7.11. The van der Waals surface area contributed by atoms with Gasteiger partial charge in [-0.3, -0.25) is 0 Å². The predicted octanol–water partition coefficient (Wildman–Crippen LogP) is 2.80. The summed E-state index contributed by atoms with van der Waals surface area (Å²) in [6.07, 6.45) is 2.41. The molecule has 2 heteroatoms. The second-order valence-electron chi connectivity index (χ2n) is 5.47. The van der Waals surface area contributed by atoms with Crippen molar-refractivity contribution < 1.29 is 0 Å². The molecule has 102 valence electrons. The summed E-state index contributed by atoms with van der Waals surface area (Å²) < 4.78 is 0. The van der Waals surface area contributed by atoms with Crippen LogP contribution in [-0.2, 0) is 6.42 Å². The first-order chi connectivity index (χ1) is 8.68. The largest absolute Gasteiger partial charge is 0.315 e. The molecule has 0 atom stereocenters. The highest BCUT2D eigenvalue weighted by atomic mass is 15.1. The number of hydrogen-bond acceptors (Lipinski definition) is 2. The van der Waals surface area contributed by atoms with Crippen LogP contribution in [0, 0.1) is 5.92 Å². The van der Waals surface area contributed by atoms with E-state index in [2.05, 4.69) is 61.4 Å². The lowest BCUT2D eigenvalue weighted by molar-refractivity contribution is 0.334. The molecule has 0 aliphatic heterocycles. The van der Waals surface area contributed by atoms with E-state index in [0.29, 0.717) is 0 Å². The van der Waals surface area contributed by atoms with E-state index >= 15 is 0 Å². The Morgan fingerprint density at radius 2 is 1.78 bits per heavy atom. The fraction of sp³-hybridized carbons (Fsp3) is 0.625. The molecule has 0 aromatic heterocycles. The second-order valence-corrected chi connectivity index (χ2v) is 5.47. The lowest BCUT2D eigenvalue weighted by Gasteiger charge is -2.17. The molecule has 2 nitrogen and oxygen atoms in total. The van der Waals surface area contributed by atoms with Crippen molar-refractivity contribution in [1.82, 2.24) is 10.2 Å². The van der Waals surface area contributed by atoms with Crippen LogP contribution in [0.3, 0.4) is 0 Å². The molecular formula is C16H28N2. The van der Waals surface area contributed by atoms with Crippen LogP contribution in [0.4, 0.5) is 0 Å². The summed E-state index contributed by atoms with van der Waals surface area (Å²) in [5.41, 5.74) is 1.43. The molecule has 0 heterocycles. The molecule has 1 N–H and O–H groups in total. The average Bonchev–Trinajstić information content (AvgIpc) is 2.37. The molecular weight excluding hydrogens is 220 g/mol. The highest BCUT2D eigenvalue weighted by molar-refractivity contribution is 5.14. The van der Waals surface area contributed by atoms with Gasteiger partial charge >= 0.3 is 0 Å². The van der Waals surface area contributed by atoms with Gasteiger partial charge in [0, 0.05) is 19.6 Å². The third-order valence-corrected chi connectivity index (χ3v) is 3.19. The van der Waals surface area contributed by atoms with Gasteiger partial charge in [-0.1, -0.05) is 44.2 Å². The van der Waals surface area contributed by atoms with Gasteiger partial charge < -0.3 is 10.2 Å². The summed E-state index contributed by atoms with van der Waals surface area (Å²) in [5, 5.41) is 3.50. The molecule has 0 radical (unpaired) electrons. The number of nitrogens with zero attached hydrogens (tertiary/aromatic N) is 1. The molecule has 0 amide bonds. The van der Waals surface area contributed by atoms with Gasteiger partial charge in [-0.05, 0) is 37.9 Å². The smallest absolute Gasteiger partial charge is 0.0104 e. The van der Waals surface area contributed by atoms with Crippen LogP contribution in [0.5, 0.6) is 0 Å². The topological polar surface area (TPSA) is 15.3 Å². The summed E-state index contributed by atoms with van der Waals surface area (Å²) in [4.78, 5) is 2.40. The number of likely N-dealkylation sites (N-methyl/N-ethyl adjacent to an activating group) is 1. The quantitative estimate of drug-likeness (QED) is 0.676. The number of nitrogens with one attached hydrogen (secondary N) is 1. The minimum Gasteiger partial charge on any atom is -0.315 e. The highest BCUT2D eigenvalue weighted by Crippen LogP contribution is 2.00. The Kier molecular flexibility index (Phi) is 7.70. The van der Waals surface area contributed by atoms with Crippen molar-refractivity contribution in [1.29, 1.82) is 0 Å². The van der Waals surface area contributed by atoms with Crippen LogP contribution in [0.1, 0.15) is 25.8 Å². The van der Waals surface area contributed by atoms with Gasteiger partial charge in [0.25, 0.3) is 0 Å². The fourth-order valence-electron chi connectivity index (χ4n) is 1.86. The van der Waals surface area contributed by atoms with E-state index in [1.165, 1.54) is 12.0 Å². The molecule has 0 spiro atoms. The Balaban J connectivity index is 2.02. The van der Waals surface area contributed by atoms with E-state index in [1.54, 1.807) is 0 Å².